The number of amides is 1. The van der Waals surface area contributed by atoms with Crippen LogP contribution in [0.5, 0.6) is 5.75 Å². The van der Waals surface area contributed by atoms with Crippen LogP contribution in [0.3, 0.4) is 0 Å². The topological polar surface area (TPSA) is 69.5 Å². The fourth-order valence-corrected chi connectivity index (χ4v) is 3.84. The number of morpholine rings is 1. The van der Waals surface area contributed by atoms with Gasteiger partial charge in [0, 0.05) is 12.4 Å². The lowest BCUT2D eigenvalue weighted by molar-refractivity contribution is -0.141. The highest BCUT2D eigenvalue weighted by Gasteiger charge is 2.33. The first kappa shape index (κ1) is 21.9. The molecule has 0 N–H and O–H groups in total. The first-order valence-electron chi connectivity index (χ1n) is 10.4. The number of rotatable bonds is 5. The average molecular weight is 453 g/mol. The van der Waals surface area contributed by atoms with Crippen LogP contribution in [0.2, 0.25) is 5.02 Å². The largest absolute Gasteiger partial charge is 0.495 e. The summed E-state index contributed by atoms with van der Waals surface area (Å²) < 4.78 is 13.4. The van der Waals surface area contributed by atoms with Crippen LogP contribution in [0.15, 0.2) is 54.8 Å². The number of pyridine rings is 1. The minimum absolute atomic E-state index is 0.149. The number of hydrogen-bond donors (Lipinski definition) is 0. The van der Waals surface area contributed by atoms with Gasteiger partial charge in [0.2, 0.25) is 0 Å². The summed E-state index contributed by atoms with van der Waals surface area (Å²) in [5, 5.41) is 0.562. The van der Waals surface area contributed by atoms with Gasteiger partial charge in [0.05, 0.1) is 48.1 Å². The van der Waals surface area contributed by atoms with Crippen LogP contribution in [0.25, 0.3) is 11.8 Å². The van der Waals surface area contributed by atoms with Crippen LogP contribution in [0.4, 0.5) is 0 Å². The molecule has 3 aromatic rings. The highest BCUT2D eigenvalue weighted by atomic mass is 35.5. The molecule has 3 heterocycles. The van der Waals surface area contributed by atoms with E-state index in [2.05, 4.69) is 9.97 Å². The number of benzene rings is 1. The van der Waals surface area contributed by atoms with E-state index in [9.17, 15) is 4.79 Å². The van der Waals surface area contributed by atoms with Crippen molar-refractivity contribution >= 4 is 23.6 Å². The van der Waals surface area contributed by atoms with E-state index in [1.165, 1.54) is 0 Å². The van der Waals surface area contributed by atoms with Gasteiger partial charge in [-0.2, -0.15) is 0 Å². The van der Waals surface area contributed by atoms with Gasteiger partial charge in [0.25, 0.3) is 5.91 Å². The van der Waals surface area contributed by atoms with Gasteiger partial charge in [-0.05, 0) is 56.7 Å². The Labute approximate surface area is 192 Å². The SMILES string of the molecule is COc1cc(/C=C2\O[C@@H](C)CN([C@@H](C)c3ccc(Cl)cn3)C2=O)ccc1-n1cnc(C)c1. The molecule has 1 aromatic carbocycles. The highest BCUT2D eigenvalue weighted by molar-refractivity contribution is 6.30. The monoisotopic (exact) mass is 452 g/mol. The van der Waals surface area contributed by atoms with Gasteiger partial charge in [-0.3, -0.25) is 9.78 Å². The third kappa shape index (κ3) is 4.48. The van der Waals surface area contributed by atoms with E-state index in [0.29, 0.717) is 17.3 Å². The summed E-state index contributed by atoms with van der Waals surface area (Å²) in [5.41, 5.74) is 3.36. The Hall–Kier alpha value is -3.32. The van der Waals surface area contributed by atoms with Gasteiger partial charge in [0.15, 0.2) is 5.76 Å². The van der Waals surface area contributed by atoms with Crippen molar-refractivity contribution in [3.05, 3.63) is 76.8 Å². The fourth-order valence-electron chi connectivity index (χ4n) is 3.73. The molecule has 32 heavy (non-hydrogen) atoms. The third-order valence-corrected chi connectivity index (χ3v) is 5.61. The van der Waals surface area contributed by atoms with E-state index in [-0.39, 0.29) is 23.8 Å². The van der Waals surface area contributed by atoms with Crippen LogP contribution >= 0.6 is 11.6 Å². The summed E-state index contributed by atoms with van der Waals surface area (Å²) in [6, 6.07) is 9.14. The van der Waals surface area contributed by atoms with Crippen molar-refractivity contribution in [2.75, 3.05) is 13.7 Å². The summed E-state index contributed by atoms with van der Waals surface area (Å²) in [6.45, 7) is 6.31. The lowest BCUT2D eigenvalue weighted by atomic mass is 10.1. The summed E-state index contributed by atoms with van der Waals surface area (Å²) >= 11 is 5.96. The molecule has 0 aliphatic carbocycles. The number of imidazole rings is 1. The molecule has 0 radical (unpaired) electrons. The summed E-state index contributed by atoms with van der Waals surface area (Å²) in [5.74, 6) is 0.780. The number of methoxy groups -OCH3 is 1. The molecular formula is C24H25ClN4O3. The number of carbonyl (C=O) groups excluding carboxylic acids is 1. The maximum absolute atomic E-state index is 13.2. The van der Waals surface area contributed by atoms with Gasteiger partial charge in [-0.1, -0.05) is 17.7 Å². The molecule has 7 nitrogen and oxygen atoms in total. The number of ether oxygens (including phenoxy) is 2. The van der Waals surface area contributed by atoms with E-state index in [4.69, 9.17) is 21.1 Å². The van der Waals surface area contributed by atoms with E-state index in [1.54, 1.807) is 36.7 Å². The molecule has 8 heteroatoms. The molecule has 1 aliphatic heterocycles. The minimum atomic E-state index is -0.212. The van der Waals surface area contributed by atoms with Crippen LogP contribution in [-0.2, 0) is 9.53 Å². The third-order valence-electron chi connectivity index (χ3n) is 5.39. The fraction of sp³-hybridized carbons (Fsp3) is 0.292. The Morgan fingerprint density at radius 1 is 1.28 bits per heavy atom. The van der Waals surface area contributed by atoms with Crippen LogP contribution in [0.1, 0.15) is 36.8 Å². The normalized spacial score (nSPS) is 18.5. The number of carbonyl (C=O) groups is 1. The number of aryl methyl sites for hydroxylation is 1. The Kier molecular flexibility index (Phi) is 6.19. The minimum Gasteiger partial charge on any atom is -0.495 e. The number of halogens is 1. The van der Waals surface area contributed by atoms with Crippen molar-refractivity contribution in [1.82, 2.24) is 19.4 Å². The van der Waals surface area contributed by atoms with Crippen LogP contribution in [0, 0.1) is 6.92 Å². The Morgan fingerprint density at radius 3 is 2.75 bits per heavy atom. The molecule has 1 saturated heterocycles. The zero-order valence-corrected chi connectivity index (χ0v) is 19.2. The summed E-state index contributed by atoms with van der Waals surface area (Å²) in [7, 11) is 1.62. The Balaban J connectivity index is 1.62. The molecule has 0 spiro atoms. The van der Waals surface area contributed by atoms with Gasteiger partial charge in [-0.25, -0.2) is 4.98 Å². The molecule has 4 rings (SSSR count). The lowest BCUT2D eigenvalue weighted by Crippen LogP contribution is -2.45. The second-order valence-corrected chi connectivity index (χ2v) is 8.26. The molecule has 0 unspecified atom stereocenters. The summed E-state index contributed by atoms with van der Waals surface area (Å²) in [4.78, 5) is 23.7. The lowest BCUT2D eigenvalue weighted by Gasteiger charge is -2.36. The maximum atomic E-state index is 13.2. The van der Waals surface area contributed by atoms with Crippen molar-refractivity contribution in [2.45, 2.75) is 32.9 Å². The average Bonchev–Trinajstić information content (AvgIpc) is 3.22. The van der Waals surface area contributed by atoms with E-state index in [1.807, 2.05) is 55.8 Å². The molecule has 1 amide bonds. The smallest absolute Gasteiger partial charge is 0.289 e. The molecule has 166 valence electrons. The predicted octanol–water partition coefficient (Wildman–Crippen LogP) is 4.59. The first-order valence-corrected chi connectivity index (χ1v) is 10.7. The van der Waals surface area contributed by atoms with Gasteiger partial charge < -0.3 is 18.9 Å². The second kappa shape index (κ2) is 9.04. The zero-order valence-electron chi connectivity index (χ0n) is 18.4. The number of aromatic nitrogens is 3. The van der Waals surface area contributed by atoms with Crippen molar-refractivity contribution in [1.29, 1.82) is 0 Å². The summed E-state index contributed by atoms with van der Waals surface area (Å²) in [6.07, 6.45) is 6.86. The maximum Gasteiger partial charge on any atom is 0.289 e. The molecular weight excluding hydrogens is 428 g/mol. The highest BCUT2D eigenvalue weighted by Crippen LogP contribution is 2.29. The van der Waals surface area contributed by atoms with E-state index < -0.39 is 0 Å². The standard InChI is InChI=1S/C24H25ClN4O3/c1-15-12-28(14-27-15)21-8-5-18(9-22(21)31-4)10-23-24(30)29(13-16(2)32-23)17(3)20-7-6-19(25)11-26-20/h5-12,14,16-17H,13H2,1-4H3/b23-10-/t16-,17-/m0/s1. The van der Waals surface area contributed by atoms with Gasteiger partial charge in [0.1, 0.15) is 11.9 Å². The zero-order chi connectivity index (χ0) is 22.8. The van der Waals surface area contributed by atoms with Gasteiger partial charge in [-0.15, -0.1) is 0 Å². The Morgan fingerprint density at radius 2 is 2.09 bits per heavy atom. The molecule has 0 saturated carbocycles. The predicted molar refractivity (Wildman–Crippen MR) is 123 cm³/mol. The van der Waals surface area contributed by atoms with Crippen LogP contribution < -0.4 is 4.74 Å². The molecule has 1 aliphatic rings. The second-order valence-electron chi connectivity index (χ2n) is 7.83. The molecule has 0 bridgehead atoms. The van der Waals surface area contributed by atoms with Crippen molar-refractivity contribution in [3.8, 4) is 11.4 Å². The number of nitrogens with zero attached hydrogens (tertiary/aromatic N) is 4. The Bertz CT molecular complexity index is 1160. The molecule has 1 fully saturated rings. The number of hydrogen-bond acceptors (Lipinski definition) is 5. The van der Waals surface area contributed by atoms with Crippen molar-refractivity contribution < 1.29 is 14.3 Å². The molecule has 2 atom stereocenters. The van der Waals surface area contributed by atoms with E-state index >= 15 is 0 Å². The first-order chi connectivity index (χ1) is 15.4. The van der Waals surface area contributed by atoms with Crippen LogP contribution in [-0.4, -0.2) is 45.1 Å². The van der Waals surface area contributed by atoms with Crippen molar-refractivity contribution in [3.63, 3.8) is 0 Å². The molecule has 2 aromatic heterocycles. The quantitative estimate of drug-likeness (QED) is 0.530. The van der Waals surface area contributed by atoms with Gasteiger partial charge >= 0.3 is 0 Å². The van der Waals surface area contributed by atoms with E-state index in [0.717, 1.165) is 22.6 Å². The van der Waals surface area contributed by atoms with Crippen molar-refractivity contribution in [2.24, 2.45) is 0 Å².